The summed E-state index contributed by atoms with van der Waals surface area (Å²) in [5.41, 5.74) is 7.17. The van der Waals surface area contributed by atoms with Gasteiger partial charge in [-0.15, -0.1) is 0 Å². The Hall–Kier alpha value is -1.93. The molecule has 0 bridgehead atoms. The van der Waals surface area contributed by atoms with Crippen LogP contribution in [0, 0.1) is 5.92 Å². The van der Waals surface area contributed by atoms with Crippen LogP contribution in [0.5, 0.6) is 5.75 Å². The van der Waals surface area contributed by atoms with Crippen LogP contribution in [-0.4, -0.2) is 37.7 Å². The predicted octanol–water partition coefficient (Wildman–Crippen LogP) is 3.14. The molecule has 2 unspecified atom stereocenters. The smallest absolute Gasteiger partial charge is 0.245 e. The third-order valence-corrected chi connectivity index (χ3v) is 6.38. The van der Waals surface area contributed by atoms with Crippen molar-refractivity contribution in [3.63, 3.8) is 0 Å². The first-order valence-electron chi connectivity index (χ1n) is 9.40. The van der Waals surface area contributed by atoms with E-state index in [1.54, 1.807) is 12.1 Å². The Kier molecular flexibility index (Phi) is 8.00. The van der Waals surface area contributed by atoms with Gasteiger partial charge in [0.05, 0.1) is 12.0 Å². The number of benzene rings is 2. The molecule has 0 heterocycles. The van der Waals surface area contributed by atoms with Gasteiger partial charge >= 0.3 is 0 Å². The summed E-state index contributed by atoms with van der Waals surface area (Å²) in [6.45, 7) is 4.05. The van der Waals surface area contributed by atoms with E-state index in [0.29, 0.717) is 12.2 Å². The minimum absolute atomic E-state index is 0.0606. The van der Waals surface area contributed by atoms with E-state index < -0.39 is 16.3 Å². The van der Waals surface area contributed by atoms with Crippen molar-refractivity contribution in [3.05, 3.63) is 60.2 Å². The second-order valence-electron chi connectivity index (χ2n) is 7.22. The predicted molar refractivity (Wildman–Crippen MR) is 110 cm³/mol. The third-order valence-electron chi connectivity index (χ3n) is 4.51. The van der Waals surface area contributed by atoms with Crippen molar-refractivity contribution in [2.24, 2.45) is 11.7 Å². The van der Waals surface area contributed by atoms with Gasteiger partial charge in [-0.3, -0.25) is 0 Å². The van der Waals surface area contributed by atoms with E-state index in [1.807, 2.05) is 44.2 Å². The summed E-state index contributed by atoms with van der Waals surface area (Å²) < 4.78 is 32.5. The highest BCUT2D eigenvalue weighted by molar-refractivity contribution is 7.89. The quantitative estimate of drug-likeness (QED) is 0.591. The molecule has 0 aliphatic carbocycles. The van der Waals surface area contributed by atoms with Crippen LogP contribution in [0.15, 0.2) is 59.5 Å². The van der Waals surface area contributed by atoms with Crippen molar-refractivity contribution >= 4 is 10.0 Å². The maximum Gasteiger partial charge on any atom is 0.245 e. The number of sulfonamides is 1. The van der Waals surface area contributed by atoms with Gasteiger partial charge in [-0.25, -0.2) is 8.42 Å². The van der Waals surface area contributed by atoms with E-state index in [-0.39, 0.29) is 29.8 Å². The lowest BCUT2D eigenvalue weighted by atomic mass is 10.0. The van der Waals surface area contributed by atoms with Gasteiger partial charge in [0.1, 0.15) is 12.0 Å². The lowest BCUT2D eigenvalue weighted by Gasteiger charge is -2.29. The second-order valence-corrected chi connectivity index (χ2v) is 9.11. The molecule has 3 N–H and O–H groups in total. The van der Waals surface area contributed by atoms with Gasteiger partial charge in [0.25, 0.3) is 0 Å². The zero-order valence-electron chi connectivity index (χ0n) is 16.7. The van der Waals surface area contributed by atoms with Crippen LogP contribution in [0.1, 0.15) is 38.3 Å². The molecule has 2 aromatic carbocycles. The van der Waals surface area contributed by atoms with Crippen LogP contribution in [0.4, 0.5) is 0 Å². The second kappa shape index (κ2) is 10.0. The summed E-state index contributed by atoms with van der Waals surface area (Å²) in [4.78, 5) is 0.125. The average molecular weight is 407 g/mol. The summed E-state index contributed by atoms with van der Waals surface area (Å²) in [7, 11) is -2.32. The molecular weight excluding hydrogens is 376 g/mol. The largest absolute Gasteiger partial charge is 0.497 e. The number of aliphatic hydroxyl groups excluding tert-OH is 1. The fraction of sp³-hybridized carbons (Fsp3) is 0.429. The van der Waals surface area contributed by atoms with Gasteiger partial charge in [-0.05, 0) is 48.6 Å². The molecule has 0 radical (unpaired) electrons. The topological polar surface area (TPSA) is 92.9 Å². The van der Waals surface area contributed by atoms with E-state index in [1.165, 1.54) is 19.2 Å². The highest BCUT2D eigenvalue weighted by atomic mass is 32.2. The fourth-order valence-corrected chi connectivity index (χ4v) is 4.63. The highest BCUT2D eigenvalue weighted by Crippen LogP contribution is 2.25. The molecule has 0 spiro atoms. The lowest BCUT2D eigenvalue weighted by Crippen LogP contribution is -2.42. The zero-order valence-corrected chi connectivity index (χ0v) is 17.5. The van der Waals surface area contributed by atoms with Crippen LogP contribution >= 0.6 is 0 Å². The zero-order chi connectivity index (χ0) is 20.7. The molecule has 6 nitrogen and oxygen atoms in total. The molecule has 0 aliphatic rings. The van der Waals surface area contributed by atoms with E-state index in [2.05, 4.69) is 0 Å². The van der Waals surface area contributed by atoms with Crippen molar-refractivity contribution in [2.75, 3.05) is 13.7 Å². The number of nitrogens with two attached hydrogens (primary N) is 1. The molecule has 2 aromatic rings. The number of aliphatic hydroxyl groups is 1. The van der Waals surface area contributed by atoms with Crippen molar-refractivity contribution in [2.45, 2.75) is 43.9 Å². The van der Waals surface area contributed by atoms with Gasteiger partial charge in [0.2, 0.25) is 10.0 Å². The number of methoxy groups -OCH3 is 1. The first-order chi connectivity index (χ1) is 13.3. The monoisotopic (exact) mass is 406 g/mol. The molecule has 2 rings (SSSR count). The van der Waals surface area contributed by atoms with Crippen LogP contribution in [-0.2, 0) is 10.0 Å². The van der Waals surface area contributed by atoms with Gasteiger partial charge < -0.3 is 15.6 Å². The molecular formula is C21H30N2O4S. The van der Waals surface area contributed by atoms with Crippen LogP contribution < -0.4 is 10.5 Å². The third kappa shape index (κ3) is 5.78. The van der Waals surface area contributed by atoms with Gasteiger partial charge in [0, 0.05) is 12.6 Å². The summed E-state index contributed by atoms with van der Waals surface area (Å²) in [6.07, 6.45) is -0.431. The van der Waals surface area contributed by atoms with Gasteiger partial charge in [-0.2, -0.15) is 4.31 Å². The summed E-state index contributed by atoms with van der Waals surface area (Å²) in [5.74, 6) is 0.634. The number of hydrogen-bond donors (Lipinski definition) is 2. The number of ether oxygens (including phenoxy) is 1. The Morgan fingerprint density at radius 2 is 1.64 bits per heavy atom. The Labute approximate surface area is 168 Å². The first kappa shape index (κ1) is 22.4. The minimum Gasteiger partial charge on any atom is -0.497 e. The standard InChI is InChI=1S/C21H30N2O4S/c1-16(2)15-23(28(25,26)19-11-9-18(27-3)10-12-19)21(24)14-13-20(22)17-7-5-4-6-8-17/h4-12,16,20-21,24H,13-15,22H2,1-3H3. The van der Waals surface area contributed by atoms with Crippen molar-refractivity contribution in [1.29, 1.82) is 0 Å². The lowest BCUT2D eigenvalue weighted by molar-refractivity contribution is 0.0457. The minimum atomic E-state index is -3.85. The molecule has 0 amide bonds. The Balaban J connectivity index is 2.16. The molecule has 0 saturated carbocycles. The van der Waals surface area contributed by atoms with E-state index in [4.69, 9.17) is 10.5 Å². The Bertz CT molecular complexity index is 823. The maximum atomic E-state index is 13.1. The van der Waals surface area contributed by atoms with E-state index in [0.717, 1.165) is 9.87 Å². The molecule has 2 atom stereocenters. The normalized spacial score (nSPS) is 14.2. The summed E-state index contributed by atoms with van der Waals surface area (Å²) >= 11 is 0. The molecule has 28 heavy (non-hydrogen) atoms. The fourth-order valence-electron chi connectivity index (χ4n) is 2.96. The first-order valence-corrected chi connectivity index (χ1v) is 10.8. The van der Waals surface area contributed by atoms with Crippen LogP contribution in [0.25, 0.3) is 0 Å². The molecule has 0 fully saturated rings. The maximum absolute atomic E-state index is 13.1. The van der Waals surface area contributed by atoms with Crippen LogP contribution in [0.2, 0.25) is 0 Å². The highest BCUT2D eigenvalue weighted by Gasteiger charge is 2.31. The van der Waals surface area contributed by atoms with Gasteiger partial charge in [0.15, 0.2) is 0 Å². The Morgan fingerprint density at radius 3 is 2.18 bits per heavy atom. The van der Waals surface area contributed by atoms with Crippen LogP contribution in [0.3, 0.4) is 0 Å². The summed E-state index contributed by atoms with van der Waals surface area (Å²) in [6, 6.07) is 15.5. The van der Waals surface area contributed by atoms with E-state index >= 15 is 0 Å². The number of nitrogens with zero attached hydrogens (tertiary/aromatic N) is 1. The molecule has 7 heteroatoms. The van der Waals surface area contributed by atoms with E-state index in [9.17, 15) is 13.5 Å². The average Bonchev–Trinajstić information content (AvgIpc) is 2.70. The SMILES string of the molecule is COc1ccc(S(=O)(=O)N(CC(C)C)C(O)CCC(N)c2ccccc2)cc1. The van der Waals surface area contributed by atoms with Crippen molar-refractivity contribution in [3.8, 4) is 5.75 Å². The molecule has 154 valence electrons. The summed E-state index contributed by atoms with van der Waals surface area (Å²) in [5, 5.41) is 10.7. The number of rotatable bonds is 10. The van der Waals surface area contributed by atoms with Gasteiger partial charge in [-0.1, -0.05) is 44.2 Å². The molecule has 0 aromatic heterocycles. The van der Waals surface area contributed by atoms with Crippen molar-refractivity contribution in [1.82, 2.24) is 4.31 Å². The number of hydrogen-bond acceptors (Lipinski definition) is 5. The molecule has 0 aliphatic heterocycles. The molecule has 0 saturated heterocycles. The Morgan fingerprint density at radius 1 is 1.04 bits per heavy atom. The van der Waals surface area contributed by atoms with Crippen molar-refractivity contribution < 1.29 is 18.3 Å².